The van der Waals surface area contributed by atoms with E-state index in [4.69, 9.17) is 4.74 Å². The van der Waals surface area contributed by atoms with E-state index in [9.17, 15) is 13.8 Å². The number of carbonyl (C=O) groups is 2. The third-order valence-corrected chi connectivity index (χ3v) is 5.48. The first-order valence-corrected chi connectivity index (χ1v) is 8.31. The van der Waals surface area contributed by atoms with Gasteiger partial charge in [-0.05, 0) is 31.4 Å². The second-order valence-corrected chi connectivity index (χ2v) is 7.37. The maximum absolute atomic E-state index is 12.3. The second kappa shape index (κ2) is 5.75. The fourth-order valence-electron chi connectivity index (χ4n) is 2.20. The summed E-state index contributed by atoms with van der Waals surface area (Å²) in [6, 6.07) is 4.97. The van der Waals surface area contributed by atoms with Crippen LogP contribution in [0.2, 0.25) is 0 Å². The van der Waals surface area contributed by atoms with Crippen molar-refractivity contribution < 1.29 is 18.5 Å². The van der Waals surface area contributed by atoms with Crippen molar-refractivity contribution in [2.24, 2.45) is 4.36 Å². The summed E-state index contributed by atoms with van der Waals surface area (Å²) in [7, 11) is -2.43. The van der Waals surface area contributed by atoms with Gasteiger partial charge in [0.2, 0.25) is 0 Å². The van der Waals surface area contributed by atoms with Gasteiger partial charge < -0.3 is 4.74 Å². The molecule has 6 heteroatoms. The lowest BCUT2D eigenvalue weighted by atomic mass is 10.1. The van der Waals surface area contributed by atoms with Crippen LogP contribution in [0.1, 0.15) is 35.7 Å². The molecule has 1 saturated heterocycles. The quantitative estimate of drug-likeness (QED) is 0.620. The number of hydrogen-bond donors (Lipinski definition) is 0. The van der Waals surface area contributed by atoms with E-state index in [-0.39, 0.29) is 11.3 Å². The molecule has 1 heterocycles. The van der Waals surface area contributed by atoms with Gasteiger partial charge in [0, 0.05) is 18.4 Å². The molecule has 5 nitrogen and oxygen atoms in total. The van der Waals surface area contributed by atoms with E-state index in [1.54, 1.807) is 25.1 Å². The zero-order valence-electron chi connectivity index (χ0n) is 11.5. The van der Waals surface area contributed by atoms with Gasteiger partial charge in [-0.1, -0.05) is 12.1 Å². The summed E-state index contributed by atoms with van der Waals surface area (Å²) in [5, 5.41) is 0. The van der Waals surface area contributed by atoms with Gasteiger partial charge in [-0.2, -0.15) is 4.36 Å². The number of carbonyl (C=O) groups excluding carboxylic acids is 2. The molecule has 1 aliphatic rings. The highest BCUT2D eigenvalue weighted by Crippen LogP contribution is 2.25. The second-order valence-electron chi connectivity index (χ2n) is 4.83. The van der Waals surface area contributed by atoms with Crippen molar-refractivity contribution in [1.29, 1.82) is 0 Å². The molecule has 0 N–H and O–H groups in total. The Bertz CT molecular complexity index is 660. The van der Waals surface area contributed by atoms with Crippen LogP contribution in [0.3, 0.4) is 0 Å². The summed E-state index contributed by atoms with van der Waals surface area (Å²) >= 11 is 0. The molecule has 1 fully saturated rings. The van der Waals surface area contributed by atoms with E-state index in [0.29, 0.717) is 17.1 Å². The minimum Gasteiger partial charge on any atom is -0.426 e. The average molecular weight is 295 g/mol. The van der Waals surface area contributed by atoms with Crippen molar-refractivity contribution in [3.63, 3.8) is 0 Å². The number of aryl methyl sites for hydroxylation is 1. The topological polar surface area (TPSA) is 72.8 Å². The van der Waals surface area contributed by atoms with E-state index in [2.05, 4.69) is 4.36 Å². The van der Waals surface area contributed by atoms with E-state index in [1.165, 1.54) is 6.92 Å². The Hall–Kier alpha value is -1.69. The van der Waals surface area contributed by atoms with Crippen molar-refractivity contribution in [2.75, 3.05) is 11.5 Å². The molecular formula is C14H17NO4S. The molecule has 20 heavy (non-hydrogen) atoms. The molecule has 1 amide bonds. The molecule has 0 aliphatic carbocycles. The van der Waals surface area contributed by atoms with Gasteiger partial charge in [0.25, 0.3) is 5.91 Å². The summed E-state index contributed by atoms with van der Waals surface area (Å²) in [4.78, 5) is 23.4. The Kier molecular flexibility index (Phi) is 4.23. The van der Waals surface area contributed by atoms with Crippen LogP contribution >= 0.6 is 0 Å². The summed E-state index contributed by atoms with van der Waals surface area (Å²) in [6.07, 6.45) is 1.67. The van der Waals surface area contributed by atoms with Crippen molar-refractivity contribution in [3.8, 4) is 5.75 Å². The van der Waals surface area contributed by atoms with E-state index < -0.39 is 21.6 Å². The smallest absolute Gasteiger partial charge is 0.308 e. The molecule has 0 radical (unpaired) electrons. The number of nitrogens with zero attached hydrogens (tertiary/aromatic N) is 1. The Morgan fingerprint density at radius 1 is 1.25 bits per heavy atom. The Labute approximate surface area is 118 Å². The summed E-state index contributed by atoms with van der Waals surface area (Å²) in [5.41, 5.74) is 0.871. The predicted octanol–water partition coefficient (Wildman–Crippen LogP) is 2.32. The molecule has 108 valence electrons. The van der Waals surface area contributed by atoms with Crippen LogP contribution in [0.25, 0.3) is 0 Å². The molecule has 0 unspecified atom stereocenters. The molecular weight excluding hydrogens is 278 g/mol. The van der Waals surface area contributed by atoms with Crippen molar-refractivity contribution in [2.45, 2.75) is 26.7 Å². The van der Waals surface area contributed by atoms with Gasteiger partial charge >= 0.3 is 5.97 Å². The number of benzene rings is 1. The third kappa shape index (κ3) is 3.25. The lowest BCUT2D eigenvalue weighted by molar-refractivity contribution is -0.131. The first-order valence-electron chi connectivity index (χ1n) is 6.46. The van der Waals surface area contributed by atoms with Crippen LogP contribution in [-0.4, -0.2) is 27.6 Å². The van der Waals surface area contributed by atoms with Crippen molar-refractivity contribution >= 4 is 21.6 Å². The fourth-order valence-corrected chi connectivity index (χ4v) is 4.29. The van der Waals surface area contributed by atoms with E-state index in [0.717, 1.165) is 12.8 Å². The lowest BCUT2D eigenvalue weighted by Gasteiger charge is -2.09. The average Bonchev–Trinajstić information content (AvgIpc) is 2.74. The van der Waals surface area contributed by atoms with Crippen LogP contribution in [0.5, 0.6) is 5.75 Å². The van der Waals surface area contributed by atoms with Crippen molar-refractivity contribution in [1.82, 2.24) is 0 Å². The largest absolute Gasteiger partial charge is 0.426 e. The zero-order chi connectivity index (χ0) is 14.8. The molecule has 0 aromatic heterocycles. The van der Waals surface area contributed by atoms with Crippen LogP contribution in [0.4, 0.5) is 0 Å². The predicted molar refractivity (Wildman–Crippen MR) is 76.4 cm³/mol. The monoisotopic (exact) mass is 295 g/mol. The fraction of sp³-hybridized carbons (Fsp3) is 0.429. The molecule has 0 spiro atoms. The maximum Gasteiger partial charge on any atom is 0.308 e. The summed E-state index contributed by atoms with van der Waals surface area (Å²) in [6.45, 7) is 3.00. The van der Waals surface area contributed by atoms with Gasteiger partial charge in [0.15, 0.2) is 0 Å². The minimum atomic E-state index is -2.43. The van der Waals surface area contributed by atoms with Crippen LogP contribution in [0, 0.1) is 6.92 Å². The molecule has 1 aromatic carbocycles. The molecule has 0 atom stereocenters. The Morgan fingerprint density at radius 2 is 1.90 bits per heavy atom. The van der Waals surface area contributed by atoms with Gasteiger partial charge in [-0.3, -0.25) is 9.59 Å². The van der Waals surface area contributed by atoms with Crippen LogP contribution in [-0.2, 0) is 14.5 Å². The Balaban J connectivity index is 2.44. The Morgan fingerprint density at radius 3 is 2.50 bits per heavy atom. The zero-order valence-corrected chi connectivity index (χ0v) is 12.4. The normalized spacial score (nSPS) is 16.7. The van der Waals surface area contributed by atoms with Gasteiger partial charge in [-0.15, -0.1) is 0 Å². The standard InChI is InChI=1S/C14H17NO4S/c1-10-6-5-7-12(19-11(2)16)13(10)14(17)15-20(18)8-3-4-9-20/h5-7H,3-4,8-9H2,1-2H3. The highest BCUT2D eigenvalue weighted by Gasteiger charge is 2.22. The first kappa shape index (κ1) is 14.7. The lowest BCUT2D eigenvalue weighted by Crippen LogP contribution is -2.11. The summed E-state index contributed by atoms with van der Waals surface area (Å²) < 4.78 is 21.3. The van der Waals surface area contributed by atoms with Gasteiger partial charge in [0.1, 0.15) is 5.75 Å². The number of esters is 1. The highest BCUT2D eigenvalue weighted by molar-refractivity contribution is 7.94. The van der Waals surface area contributed by atoms with E-state index in [1.807, 2.05) is 0 Å². The number of amides is 1. The maximum atomic E-state index is 12.3. The van der Waals surface area contributed by atoms with Gasteiger partial charge in [0.05, 0.1) is 15.3 Å². The third-order valence-electron chi connectivity index (χ3n) is 3.13. The minimum absolute atomic E-state index is 0.173. The number of hydrogen-bond acceptors (Lipinski definition) is 4. The molecule has 0 saturated carbocycles. The van der Waals surface area contributed by atoms with Crippen LogP contribution in [0.15, 0.2) is 22.6 Å². The summed E-state index contributed by atoms with van der Waals surface area (Å²) in [5.74, 6) is 0.0364. The molecule has 1 aliphatic heterocycles. The molecule has 2 rings (SSSR count). The SMILES string of the molecule is CC(=O)Oc1cccc(C)c1C(=O)N=S1(=O)CCCC1. The number of rotatable bonds is 2. The molecule has 1 aromatic rings. The van der Waals surface area contributed by atoms with Crippen molar-refractivity contribution in [3.05, 3.63) is 29.3 Å². The first-order chi connectivity index (χ1) is 9.41. The van der Waals surface area contributed by atoms with Gasteiger partial charge in [-0.25, -0.2) is 4.21 Å². The molecule has 0 bridgehead atoms. The van der Waals surface area contributed by atoms with E-state index >= 15 is 0 Å². The van der Waals surface area contributed by atoms with Crippen LogP contribution < -0.4 is 4.74 Å². The highest BCUT2D eigenvalue weighted by atomic mass is 32.2. The number of ether oxygens (including phenoxy) is 1.